The molecule has 0 aliphatic carbocycles. The van der Waals surface area contributed by atoms with E-state index in [4.69, 9.17) is 20.8 Å². The molecule has 1 aliphatic rings. The zero-order valence-electron chi connectivity index (χ0n) is 21.2. The number of aromatic nitrogens is 2. The summed E-state index contributed by atoms with van der Waals surface area (Å²) in [7, 11) is 1.51. The molecule has 41 heavy (non-hydrogen) atoms. The molecule has 0 bridgehead atoms. The fourth-order valence-corrected chi connectivity index (χ4v) is 6.97. The van der Waals surface area contributed by atoms with E-state index in [0.717, 1.165) is 10.0 Å². The van der Waals surface area contributed by atoms with Crippen molar-refractivity contribution < 1.29 is 23.8 Å². The lowest BCUT2D eigenvalue weighted by Gasteiger charge is -2.23. The van der Waals surface area contributed by atoms with Crippen LogP contribution in [-0.4, -0.2) is 34.1 Å². The number of hydrogen-bond donors (Lipinski definition) is 1. The highest BCUT2D eigenvalue weighted by Gasteiger charge is 2.46. The Hall–Kier alpha value is -3.64. The van der Waals surface area contributed by atoms with Crippen molar-refractivity contribution in [2.24, 2.45) is 0 Å². The second-order valence-electron chi connectivity index (χ2n) is 8.94. The molecule has 1 amide bonds. The monoisotopic (exact) mass is 667 g/mol. The van der Waals surface area contributed by atoms with Crippen LogP contribution >= 0.6 is 50.6 Å². The molecule has 3 heterocycles. The number of anilines is 1. The van der Waals surface area contributed by atoms with E-state index in [1.54, 1.807) is 48.5 Å². The van der Waals surface area contributed by atoms with Gasteiger partial charge in [-0.1, -0.05) is 93.1 Å². The molecule has 1 aliphatic heterocycles. The number of ketones is 1. The van der Waals surface area contributed by atoms with Crippen LogP contribution in [0.2, 0.25) is 5.02 Å². The summed E-state index contributed by atoms with van der Waals surface area (Å²) in [5.41, 5.74) is 1.82. The van der Waals surface area contributed by atoms with Gasteiger partial charge in [-0.15, -0.1) is 10.2 Å². The first-order valence-corrected chi connectivity index (χ1v) is 15.2. The number of benzene rings is 3. The fraction of sp³-hybridized carbons (Fsp3) is 0.103. The summed E-state index contributed by atoms with van der Waals surface area (Å²) in [5.74, 6) is -1.06. The van der Waals surface area contributed by atoms with Crippen LogP contribution in [0, 0.1) is 0 Å². The molecule has 0 fully saturated rings. The molecule has 3 aromatic carbocycles. The Morgan fingerprint density at radius 2 is 1.93 bits per heavy atom. The first-order chi connectivity index (χ1) is 19.9. The molecule has 8 nitrogen and oxygen atoms in total. The largest absolute Gasteiger partial charge is 0.503 e. The van der Waals surface area contributed by atoms with Gasteiger partial charge in [0, 0.05) is 20.6 Å². The van der Waals surface area contributed by atoms with Crippen molar-refractivity contribution >= 4 is 78.4 Å². The van der Waals surface area contributed by atoms with Crippen molar-refractivity contribution in [3.05, 3.63) is 111 Å². The molecule has 6 rings (SSSR count). The highest BCUT2D eigenvalue weighted by atomic mass is 79.9. The molecule has 12 heteroatoms. The van der Waals surface area contributed by atoms with Crippen molar-refractivity contribution in [1.82, 2.24) is 10.2 Å². The maximum absolute atomic E-state index is 13.9. The number of fused-ring (bicyclic) bond motifs is 1. The minimum Gasteiger partial charge on any atom is -0.503 e. The van der Waals surface area contributed by atoms with Gasteiger partial charge < -0.3 is 14.3 Å². The van der Waals surface area contributed by atoms with Crippen LogP contribution in [0.5, 0.6) is 5.75 Å². The van der Waals surface area contributed by atoms with Gasteiger partial charge >= 0.3 is 0 Å². The quantitative estimate of drug-likeness (QED) is 0.102. The summed E-state index contributed by atoms with van der Waals surface area (Å²) >= 11 is 12.3. The maximum Gasteiger partial charge on any atom is 0.296 e. The molecule has 2 aromatic heterocycles. The van der Waals surface area contributed by atoms with Gasteiger partial charge in [0.2, 0.25) is 10.9 Å². The second-order valence-corrected chi connectivity index (χ2v) is 12.4. The Bertz CT molecular complexity index is 1840. The zero-order chi connectivity index (χ0) is 28.7. The van der Waals surface area contributed by atoms with Crippen molar-refractivity contribution in [1.29, 1.82) is 0 Å². The lowest BCUT2D eigenvalue weighted by atomic mass is 9.95. The summed E-state index contributed by atoms with van der Waals surface area (Å²) in [6.07, 6.45) is 0. The van der Waals surface area contributed by atoms with Crippen LogP contribution in [0.15, 0.2) is 97.4 Å². The molecule has 0 radical (unpaired) electrons. The number of aliphatic hydroxyl groups excluding tert-OH is 1. The Balaban J connectivity index is 1.37. The Labute approximate surface area is 255 Å². The van der Waals surface area contributed by atoms with Gasteiger partial charge in [-0.3, -0.25) is 14.5 Å². The number of carbonyl (C=O) groups excluding carboxylic acids is 2. The highest BCUT2D eigenvalue weighted by Crippen LogP contribution is 2.45. The normalized spacial score (nSPS) is 15.2. The number of para-hydroxylation sites is 1. The van der Waals surface area contributed by atoms with Gasteiger partial charge in [0.25, 0.3) is 5.91 Å². The third-order valence-electron chi connectivity index (χ3n) is 6.50. The number of thioether (sulfide) groups is 1. The molecular formula is C29H19BrClN3O5S2. The van der Waals surface area contributed by atoms with E-state index in [0.29, 0.717) is 37.4 Å². The van der Waals surface area contributed by atoms with E-state index in [-0.39, 0.29) is 16.5 Å². The summed E-state index contributed by atoms with van der Waals surface area (Å²) in [6.45, 7) is 0. The Kier molecular flexibility index (Phi) is 7.60. The summed E-state index contributed by atoms with van der Waals surface area (Å²) in [6, 6.07) is 20.6. The van der Waals surface area contributed by atoms with Gasteiger partial charge in [-0.05, 0) is 41.5 Å². The molecule has 0 spiro atoms. The topological polar surface area (TPSA) is 106 Å². The first-order valence-electron chi connectivity index (χ1n) is 12.2. The van der Waals surface area contributed by atoms with Gasteiger partial charge in [-0.25, -0.2) is 0 Å². The molecule has 1 N–H and O–H groups in total. The minimum atomic E-state index is -0.965. The standard InChI is InChI=1S/C29H19BrClN3O5S2/c1-38-20-8-4-6-16-13-21(39-26(16)20)24(35)22-23(15-9-11-18(30)12-10-15)34(27(37)25(22)36)28-32-33-29(41-28)40-14-17-5-2-3-7-19(17)31/h2-13,23,36H,14H2,1H3. The van der Waals surface area contributed by atoms with Crippen LogP contribution in [0.25, 0.3) is 11.0 Å². The third kappa shape index (κ3) is 5.14. The predicted octanol–water partition coefficient (Wildman–Crippen LogP) is 7.78. The SMILES string of the molecule is COc1cccc2cc(C(=O)C3=C(O)C(=O)N(c4nnc(SCc5ccccc5Cl)s4)C3c3ccc(Br)cc3)oc12. The number of aliphatic hydroxyl groups is 1. The van der Waals surface area contributed by atoms with Crippen LogP contribution in [0.1, 0.15) is 27.7 Å². The van der Waals surface area contributed by atoms with Crippen LogP contribution in [-0.2, 0) is 10.5 Å². The second kappa shape index (κ2) is 11.3. The van der Waals surface area contributed by atoms with Crippen LogP contribution in [0.3, 0.4) is 0 Å². The smallest absolute Gasteiger partial charge is 0.296 e. The predicted molar refractivity (Wildman–Crippen MR) is 162 cm³/mol. The van der Waals surface area contributed by atoms with Crippen molar-refractivity contribution in [2.75, 3.05) is 12.0 Å². The Morgan fingerprint density at radius 1 is 1.15 bits per heavy atom. The van der Waals surface area contributed by atoms with Gasteiger partial charge in [-0.2, -0.15) is 0 Å². The number of hydrogen-bond acceptors (Lipinski definition) is 9. The lowest BCUT2D eigenvalue weighted by molar-refractivity contribution is -0.117. The van der Waals surface area contributed by atoms with Crippen LogP contribution < -0.4 is 9.64 Å². The van der Waals surface area contributed by atoms with E-state index in [2.05, 4.69) is 26.1 Å². The molecule has 5 aromatic rings. The van der Waals surface area contributed by atoms with Crippen molar-refractivity contribution in [2.45, 2.75) is 16.1 Å². The molecule has 1 atom stereocenters. The van der Waals surface area contributed by atoms with E-state index in [1.165, 1.54) is 35.1 Å². The highest BCUT2D eigenvalue weighted by molar-refractivity contribution is 9.10. The van der Waals surface area contributed by atoms with Crippen molar-refractivity contribution in [3.63, 3.8) is 0 Å². The summed E-state index contributed by atoms with van der Waals surface area (Å²) < 4.78 is 12.7. The number of halogens is 2. The van der Waals surface area contributed by atoms with Crippen LogP contribution in [0.4, 0.5) is 5.13 Å². The number of rotatable bonds is 8. The fourth-order valence-electron chi connectivity index (χ4n) is 4.55. The molecule has 206 valence electrons. The average molecular weight is 669 g/mol. The number of furan rings is 1. The number of amides is 1. The van der Waals surface area contributed by atoms with E-state index in [9.17, 15) is 14.7 Å². The van der Waals surface area contributed by atoms with E-state index in [1.807, 2.05) is 24.3 Å². The summed E-state index contributed by atoms with van der Waals surface area (Å²) in [5, 5.41) is 21.2. The third-order valence-corrected chi connectivity index (χ3v) is 9.50. The van der Waals surface area contributed by atoms with Gasteiger partial charge in [0.1, 0.15) is 0 Å². The number of Topliss-reactive ketones (excluding diaryl/α,β-unsaturated/α-hetero) is 1. The molecule has 0 saturated carbocycles. The van der Waals surface area contributed by atoms with E-state index < -0.39 is 23.5 Å². The average Bonchev–Trinajstić information content (AvgIpc) is 3.69. The minimum absolute atomic E-state index is 0.0314. The zero-order valence-corrected chi connectivity index (χ0v) is 25.2. The lowest BCUT2D eigenvalue weighted by Crippen LogP contribution is -2.31. The molecule has 0 saturated heterocycles. The Morgan fingerprint density at radius 3 is 2.68 bits per heavy atom. The number of nitrogens with zero attached hydrogens (tertiary/aromatic N) is 3. The van der Waals surface area contributed by atoms with Gasteiger partial charge in [0.05, 0.1) is 18.7 Å². The number of ether oxygens (including phenoxy) is 1. The number of carbonyl (C=O) groups is 2. The van der Waals surface area contributed by atoms with E-state index >= 15 is 0 Å². The molecule has 1 unspecified atom stereocenters. The summed E-state index contributed by atoms with van der Waals surface area (Å²) in [4.78, 5) is 28.7. The maximum atomic E-state index is 13.9. The number of methoxy groups -OCH3 is 1. The van der Waals surface area contributed by atoms with Crippen molar-refractivity contribution in [3.8, 4) is 5.75 Å². The first kappa shape index (κ1) is 27.5. The molecular weight excluding hydrogens is 650 g/mol. The van der Waals surface area contributed by atoms with Gasteiger partial charge in [0.15, 0.2) is 27.2 Å².